The average Bonchev–Trinajstić information content (AvgIpc) is 3.01. The molecule has 2 unspecified atom stereocenters. The molecular weight excluding hydrogens is 563 g/mol. The van der Waals surface area contributed by atoms with Crippen molar-refractivity contribution < 1.29 is 24.0 Å². The molecule has 0 N–H and O–H groups in total. The Kier molecular flexibility index (Phi) is 8.51. The van der Waals surface area contributed by atoms with Gasteiger partial charge in [-0.2, -0.15) is 0 Å². The molecule has 1 amide bonds. The van der Waals surface area contributed by atoms with Gasteiger partial charge < -0.3 is 0 Å². The van der Waals surface area contributed by atoms with Crippen molar-refractivity contribution in [2.45, 2.75) is 44.6 Å². The number of ketones is 1. The topological polar surface area (TPSA) is 107 Å². The molecule has 4 aromatic rings. The summed E-state index contributed by atoms with van der Waals surface area (Å²) in [5, 5.41) is 14.3. The zero-order valence-corrected chi connectivity index (χ0v) is 25.0. The Morgan fingerprint density at radius 1 is 0.860 bits per heavy atom. The van der Waals surface area contributed by atoms with Gasteiger partial charge in [-0.25, -0.2) is 0 Å². The van der Waals surface area contributed by atoms with E-state index in [1.165, 1.54) is 13.0 Å². The number of hydrogen-bond donors (Lipinski definition) is 0. The van der Waals surface area contributed by atoms with Crippen molar-refractivity contribution in [2.75, 3.05) is 0 Å². The first-order valence-electron chi connectivity index (χ1n) is 14.1. The minimum atomic E-state index is -3.52. The number of ether oxygens (including phenoxy) is 1. The van der Waals surface area contributed by atoms with Gasteiger partial charge in [-0.15, -0.1) is 0 Å². The van der Waals surface area contributed by atoms with Crippen molar-refractivity contribution in [2.24, 2.45) is 0 Å². The third-order valence-corrected chi connectivity index (χ3v) is 13.2. The Morgan fingerprint density at radius 3 is 1.77 bits per heavy atom. The van der Waals surface area contributed by atoms with E-state index in [0.717, 1.165) is 15.9 Å². The molecule has 220 valence electrons. The molecule has 0 aromatic heterocycles. The molecule has 0 radical (unpaired) electrons. The minimum absolute atomic E-state index is 0.0789. The van der Waals surface area contributed by atoms with Crippen LogP contribution in [-0.2, 0) is 25.7 Å². The molecule has 43 heavy (non-hydrogen) atoms. The van der Waals surface area contributed by atoms with Crippen molar-refractivity contribution in [3.8, 4) is 0 Å². The van der Waals surface area contributed by atoms with Crippen LogP contribution in [0.25, 0.3) is 0 Å². The van der Waals surface area contributed by atoms with E-state index in [1.54, 1.807) is 23.1 Å². The first-order valence-corrected chi connectivity index (χ1v) is 16.1. The number of rotatable bonds is 11. The number of para-hydroxylation sites is 1. The molecule has 8 nitrogen and oxygen atoms in total. The van der Waals surface area contributed by atoms with Gasteiger partial charge >= 0.3 is 251 Å². The summed E-state index contributed by atoms with van der Waals surface area (Å²) in [7, 11) is -3.52. The van der Waals surface area contributed by atoms with Gasteiger partial charge in [-0.1, -0.05) is 0 Å². The van der Waals surface area contributed by atoms with Crippen molar-refractivity contribution in [3.05, 3.63) is 131 Å². The number of hydrogen-bond acceptors (Lipinski definition) is 6. The standard InChI is InChI=1S/C34H33N2O6P/c1-25(37)22-34(2)23-31(38)35(34)32(33(39)42-24-26-14-12-13-21-30(26)36(40)41)43(27-15-6-3-7-16-27,28-17-8-4-9-18-28)29-19-10-5-11-20-29/h3-21,32,43H,22-24H2,1-2H3. The van der Waals surface area contributed by atoms with Crippen LogP contribution >= 0.6 is 7.26 Å². The summed E-state index contributed by atoms with van der Waals surface area (Å²) < 4.78 is 5.97. The quantitative estimate of drug-likeness (QED) is 0.0820. The van der Waals surface area contributed by atoms with Gasteiger partial charge in [0.15, 0.2) is 0 Å². The Balaban J connectivity index is 1.76. The second-order valence-electron chi connectivity index (χ2n) is 11.1. The second kappa shape index (κ2) is 12.3. The van der Waals surface area contributed by atoms with Crippen LogP contribution in [0, 0.1) is 10.1 Å². The first-order chi connectivity index (χ1) is 20.7. The van der Waals surface area contributed by atoms with E-state index < -0.39 is 29.5 Å². The molecule has 0 bridgehead atoms. The zero-order valence-electron chi connectivity index (χ0n) is 24.0. The summed E-state index contributed by atoms with van der Waals surface area (Å²) in [5.41, 5.74) is -0.833. The third kappa shape index (κ3) is 5.58. The van der Waals surface area contributed by atoms with Crippen molar-refractivity contribution in [1.82, 2.24) is 4.90 Å². The van der Waals surface area contributed by atoms with Crippen LogP contribution < -0.4 is 15.9 Å². The van der Waals surface area contributed by atoms with Crippen LogP contribution in [0.15, 0.2) is 115 Å². The maximum atomic E-state index is 14.7. The molecule has 2 atom stereocenters. The van der Waals surface area contributed by atoms with Gasteiger partial charge in [-0.05, 0) is 0 Å². The van der Waals surface area contributed by atoms with Crippen LogP contribution in [0.1, 0.15) is 32.3 Å². The number of β-lactam (4-membered cyclic amide) rings is 1. The summed E-state index contributed by atoms with van der Waals surface area (Å²) >= 11 is 0. The number of benzene rings is 4. The summed E-state index contributed by atoms with van der Waals surface area (Å²) in [4.78, 5) is 53.6. The number of carbonyl (C=O) groups excluding carboxylic acids is 3. The van der Waals surface area contributed by atoms with E-state index in [1.807, 2.05) is 97.9 Å². The Bertz CT molecular complexity index is 1550. The van der Waals surface area contributed by atoms with E-state index in [0.29, 0.717) is 0 Å². The number of carbonyl (C=O) groups is 3. The van der Waals surface area contributed by atoms with Crippen LogP contribution in [-0.4, -0.2) is 38.8 Å². The molecule has 5 rings (SSSR count). The number of nitro groups is 1. The van der Waals surface area contributed by atoms with Gasteiger partial charge in [0, 0.05) is 0 Å². The van der Waals surface area contributed by atoms with Crippen LogP contribution in [0.5, 0.6) is 0 Å². The number of esters is 1. The normalized spacial score (nSPS) is 17.4. The number of Topliss-reactive ketones (excluding diaryl/α,β-unsaturated/α-hetero) is 1. The van der Waals surface area contributed by atoms with Gasteiger partial charge in [0.2, 0.25) is 0 Å². The molecule has 1 aliphatic heterocycles. The van der Waals surface area contributed by atoms with E-state index in [-0.39, 0.29) is 42.4 Å². The average molecular weight is 597 g/mol. The van der Waals surface area contributed by atoms with Crippen molar-refractivity contribution in [1.29, 1.82) is 0 Å². The maximum absolute atomic E-state index is 14.7. The third-order valence-electron chi connectivity index (χ3n) is 8.15. The molecule has 1 saturated heterocycles. The van der Waals surface area contributed by atoms with Crippen molar-refractivity contribution in [3.63, 3.8) is 0 Å². The number of nitro benzene ring substituents is 1. The van der Waals surface area contributed by atoms with E-state index in [9.17, 15) is 24.5 Å². The van der Waals surface area contributed by atoms with E-state index >= 15 is 0 Å². The molecule has 0 aliphatic carbocycles. The van der Waals surface area contributed by atoms with E-state index in [2.05, 4.69) is 0 Å². The van der Waals surface area contributed by atoms with Gasteiger partial charge in [-0.3, -0.25) is 0 Å². The Labute approximate surface area is 250 Å². The summed E-state index contributed by atoms with van der Waals surface area (Å²) in [5.74, 6) is -2.15. The van der Waals surface area contributed by atoms with E-state index in [4.69, 9.17) is 4.74 Å². The second-order valence-corrected chi connectivity index (χ2v) is 15.0. The predicted octanol–water partition coefficient (Wildman–Crippen LogP) is 4.66. The molecule has 0 spiro atoms. The fourth-order valence-electron chi connectivity index (χ4n) is 6.44. The number of nitrogens with zero attached hydrogens (tertiary/aromatic N) is 2. The molecule has 1 fully saturated rings. The Hall–Kier alpha value is -4.68. The van der Waals surface area contributed by atoms with Gasteiger partial charge in [0.1, 0.15) is 0 Å². The van der Waals surface area contributed by atoms with Crippen molar-refractivity contribution >= 4 is 46.5 Å². The summed E-state index contributed by atoms with van der Waals surface area (Å²) in [6.07, 6.45) is 0.193. The monoisotopic (exact) mass is 596 g/mol. The van der Waals surface area contributed by atoms with Gasteiger partial charge in [0.05, 0.1) is 0 Å². The zero-order chi connectivity index (χ0) is 30.6. The molecule has 0 saturated carbocycles. The molecular formula is C34H33N2O6P. The van der Waals surface area contributed by atoms with Crippen LogP contribution in [0.3, 0.4) is 0 Å². The number of likely N-dealkylation sites (tertiary alicyclic amines) is 1. The molecule has 1 heterocycles. The van der Waals surface area contributed by atoms with Gasteiger partial charge in [0.25, 0.3) is 0 Å². The molecule has 1 aliphatic rings. The fraction of sp³-hybridized carbons (Fsp3) is 0.206. The SMILES string of the molecule is CC(=O)CC1(C)CC(=O)N1C(C(=O)OCc1ccccc1[N+](=O)[O-])[PH](c1ccccc1)(c1ccccc1)c1ccccc1. The number of amides is 1. The fourth-order valence-corrected chi connectivity index (χ4v) is 11.8. The molecule has 9 heteroatoms. The Morgan fingerprint density at radius 2 is 1.33 bits per heavy atom. The van der Waals surface area contributed by atoms with Crippen LogP contribution in [0.4, 0.5) is 5.69 Å². The predicted molar refractivity (Wildman–Crippen MR) is 168 cm³/mol. The molecule has 4 aromatic carbocycles. The summed E-state index contributed by atoms with van der Waals surface area (Å²) in [6.45, 7) is 2.96. The summed E-state index contributed by atoms with van der Waals surface area (Å²) in [6, 6.07) is 35.1. The first kappa shape index (κ1) is 29.8. The van der Waals surface area contributed by atoms with Crippen LogP contribution in [0.2, 0.25) is 0 Å².